The fourth-order valence-corrected chi connectivity index (χ4v) is 2.37. The maximum absolute atomic E-state index is 13.4. The van der Waals surface area contributed by atoms with Crippen LogP contribution < -0.4 is 5.32 Å². The number of carbonyl (C=O) groups is 1. The third-order valence-electron chi connectivity index (χ3n) is 3.10. The predicted octanol–water partition coefficient (Wildman–Crippen LogP) is 3.55. The first-order valence-corrected chi connectivity index (χ1v) is 6.47. The van der Waals surface area contributed by atoms with Crippen molar-refractivity contribution in [1.29, 1.82) is 0 Å². The molecule has 0 spiro atoms. The van der Waals surface area contributed by atoms with Gasteiger partial charge in [0.2, 0.25) is 5.91 Å². The predicted molar refractivity (Wildman–Crippen MR) is 70.8 cm³/mol. The molecule has 0 bridgehead atoms. The second-order valence-corrected chi connectivity index (χ2v) is 4.87. The summed E-state index contributed by atoms with van der Waals surface area (Å²) in [5, 5.41) is 3.20. The molecule has 1 aromatic carbocycles. The van der Waals surface area contributed by atoms with Gasteiger partial charge in [-0.3, -0.25) is 4.79 Å². The van der Waals surface area contributed by atoms with Crippen LogP contribution in [-0.2, 0) is 4.79 Å². The third-order valence-corrected chi connectivity index (χ3v) is 3.43. The van der Waals surface area contributed by atoms with E-state index in [1.165, 1.54) is 24.3 Å². The number of amides is 1. The van der Waals surface area contributed by atoms with Crippen molar-refractivity contribution >= 4 is 23.6 Å². The number of rotatable bonds is 3. The number of hydrogen-bond acceptors (Lipinski definition) is 1. The van der Waals surface area contributed by atoms with Crippen LogP contribution in [0.1, 0.15) is 31.2 Å². The van der Waals surface area contributed by atoms with E-state index in [0.29, 0.717) is 5.02 Å². The lowest BCUT2D eigenvalue weighted by Crippen LogP contribution is -2.30. The van der Waals surface area contributed by atoms with Crippen molar-refractivity contribution in [2.45, 2.75) is 31.7 Å². The van der Waals surface area contributed by atoms with E-state index in [9.17, 15) is 9.18 Å². The average Bonchev–Trinajstić information content (AvgIpc) is 2.81. The minimum atomic E-state index is -0.424. The second kappa shape index (κ2) is 6.01. The van der Waals surface area contributed by atoms with Gasteiger partial charge < -0.3 is 5.32 Å². The van der Waals surface area contributed by atoms with Gasteiger partial charge in [0, 0.05) is 17.7 Å². The molecule has 1 aliphatic rings. The second-order valence-electron chi connectivity index (χ2n) is 4.46. The number of nitrogens with one attached hydrogen (secondary N) is 1. The van der Waals surface area contributed by atoms with Crippen LogP contribution in [0.5, 0.6) is 0 Å². The van der Waals surface area contributed by atoms with Gasteiger partial charge in [0.15, 0.2) is 0 Å². The van der Waals surface area contributed by atoms with Gasteiger partial charge in [-0.25, -0.2) is 4.39 Å². The summed E-state index contributed by atoms with van der Waals surface area (Å²) in [6.45, 7) is 0. The Bertz CT molecular complexity index is 447. The lowest BCUT2D eigenvalue weighted by atomic mass is 10.2. The highest BCUT2D eigenvalue weighted by Crippen LogP contribution is 2.20. The maximum atomic E-state index is 13.4. The zero-order valence-corrected chi connectivity index (χ0v) is 10.7. The van der Waals surface area contributed by atoms with Crippen molar-refractivity contribution < 1.29 is 9.18 Å². The summed E-state index contributed by atoms with van der Waals surface area (Å²) in [7, 11) is 0. The van der Waals surface area contributed by atoms with Crippen molar-refractivity contribution in [2.24, 2.45) is 0 Å². The summed E-state index contributed by atoms with van der Waals surface area (Å²) in [4.78, 5) is 11.6. The first-order valence-electron chi connectivity index (χ1n) is 6.09. The van der Waals surface area contributed by atoms with Gasteiger partial charge in [0.25, 0.3) is 0 Å². The van der Waals surface area contributed by atoms with Crippen LogP contribution >= 0.6 is 11.6 Å². The summed E-state index contributed by atoms with van der Waals surface area (Å²) < 4.78 is 13.4. The SMILES string of the molecule is O=C(C=Cc1c(F)cccc1Cl)NC1CCCC1. The molecular weight excluding hydrogens is 253 g/mol. The molecule has 4 heteroatoms. The monoisotopic (exact) mass is 267 g/mol. The topological polar surface area (TPSA) is 29.1 Å². The standard InChI is InChI=1S/C14H15ClFNO/c15-12-6-3-7-13(16)11(12)8-9-14(18)17-10-4-1-2-5-10/h3,6-10H,1-2,4-5H2,(H,17,18). The molecule has 0 atom stereocenters. The van der Waals surface area contributed by atoms with Crippen LogP contribution in [0.4, 0.5) is 4.39 Å². The number of carbonyl (C=O) groups excluding carboxylic acids is 1. The Morgan fingerprint density at radius 1 is 1.39 bits per heavy atom. The third kappa shape index (κ3) is 3.33. The summed E-state index contributed by atoms with van der Waals surface area (Å²) in [5.41, 5.74) is 0.251. The quantitative estimate of drug-likeness (QED) is 0.834. The van der Waals surface area contributed by atoms with Crippen molar-refractivity contribution in [2.75, 3.05) is 0 Å². The van der Waals surface area contributed by atoms with Gasteiger partial charge >= 0.3 is 0 Å². The fourth-order valence-electron chi connectivity index (χ4n) is 2.15. The Morgan fingerprint density at radius 3 is 2.78 bits per heavy atom. The van der Waals surface area contributed by atoms with E-state index >= 15 is 0 Å². The molecule has 1 saturated carbocycles. The van der Waals surface area contributed by atoms with Crippen LogP contribution in [0.2, 0.25) is 5.02 Å². The zero-order chi connectivity index (χ0) is 13.0. The first-order chi connectivity index (χ1) is 8.66. The average molecular weight is 268 g/mol. The Labute approximate surface area is 111 Å². The minimum absolute atomic E-state index is 0.193. The smallest absolute Gasteiger partial charge is 0.244 e. The zero-order valence-electron chi connectivity index (χ0n) is 9.96. The van der Waals surface area contributed by atoms with Crippen molar-refractivity contribution in [3.63, 3.8) is 0 Å². The van der Waals surface area contributed by atoms with Gasteiger partial charge in [-0.15, -0.1) is 0 Å². The first kappa shape index (κ1) is 13.1. The van der Waals surface area contributed by atoms with Crippen molar-refractivity contribution in [3.05, 3.63) is 40.7 Å². The molecule has 0 saturated heterocycles. The van der Waals surface area contributed by atoms with E-state index in [2.05, 4.69) is 5.32 Å². The summed E-state index contributed by atoms with van der Waals surface area (Å²) in [6, 6.07) is 4.71. The fraction of sp³-hybridized carbons (Fsp3) is 0.357. The number of hydrogen-bond donors (Lipinski definition) is 1. The molecule has 0 radical (unpaired) electrons. The number of benzene rings is 1. The molecule has 2 rings (SSSR count). The molecule has 1 N–H and O–H groups in total. The van der Waals surface area contributed by atoms with E-state index < -0.39 is 5.82 Å². The van der Waals surface area contributed by atoms with Crippen LogP contribution in [0.15, 0.2) is 24.3 Å². The lowest BCUT2D eigenvalue weighted by molar-refractivity contribution is -0.117. The molecule has 1 amide bonds. The molecule has 2 nitrogen and oxygen atoms in total. The highest BCUT2D eigenvalue weighted by molar-refractivity contribution is 6.32. The maximum Gasteiger partial charge on any atom is 0.244 e. The van der Waals surface area contributed by atoms with Crippen molar-refractivity contribution in [3.8, 4) is 0 Å². The minimum Gasteiger partial charge on any atom is -0.350 e. The van der Waals surface area contributed by atoms with E-state index in [0.717, 1.165) is 25.7 Å². The molecule has 1 aliphatic carbocycles. The van der Waals surface area contributed by atoms with Gasteiger partial charge in [-0.2, -0.15) is 0 Å². The largest absolute Gasteiger partial charge is 0.350 e. The van der Waals surface area contributed by atoms with Gasteiger partial charge in [-0.05, 0) is 31.1 Å². The van der Waals surface area contributed by atoms with Crippen molar-refractivity contribution in [1.82, 2.24) is 5.32 Å². The highest BCUT2D eigenvalue weighted by Gasteiger charge is 2.15. The Balaban J connectivity index is 1.99. The van der Waals surface area contributed by atoms with Crippen LogP contribution in [0.25, 0.3) is 6.08 Å². The molecule has 0 heterocycles. The van der Waals surface area contributed by atoms with Gasteiger partial charge in [0.05, 0.1) is 5.02 Å². The molecule has 0 aliphatic heterocycles. The molecule has 0 aromatic heterocycles. The Kier molecular flexibility index (Phi) is 4.37. The summed E-state index contributed by atoms with van der Waals surface area (Å²) >= 11 is 5.86. The normalized spacial score (nSPS) is 16.3. The number of halogens is 2. The molecule has 0 unspecified atom stereocenters. The van der Waals surface area contributed by atoms with E-state index in [4.69, 9.17) is 11.6 Å². The highest BCUT2D eigenvalue weighted by atomic mass is 35.5. The molecule has 96 valence electrons. The van der Waals surface area contributed by atoms with Gasteiger partial charge in [0.1, 0.15) is 5.82 Å². The van der Waals surface area contributed by atoms with Gasteiger partial charge in [-0.1, -0.05) is 30.5 Å². The van der Waals surface area contributed by atoms with Crippen LogP contribution in [-0.4, -0.2) is 11.9 Å². The molecular formula is C14H15ClFNO. The van der Waals surface area contributed by atoms with E-state index in [1.807, 2.05) is 0 Å². The van der Waals surface area contributed by atoms with Crippen LogP contribution in [0.3, 0.4) is 0 Å². The van der Waals surface area contributed by atoms with Crippen LogP contribution in [0, 0.1) is 5.82 Å². The summed E-state index contributed by atoms with van der Waals surface area (Å²) in [5.74, 6) is -0.617. The van der Waals surface area contributed by atoms with E-state index in [1.54, 1.807) is 6.07 Å². The van der Waals surface area contributed by atoms with E-state index in [-0.39, 0.29) is 17.5 Å². The summed E-state index contributed by atoms with van der Waals surface area (Å²) in [6.07, 6.45) is 7.13. The Morgan fingerprint density at radius 2 is 2.11 bits per heavy atom. The molecule has 1 aromatic rings. The lowest BCUT2D eigenvalue weighted by Gasteiger charge is -2.09. The molecule has 1 fully saturated rings. The molecule has 18 heavy (non-hydrogen) atoms. The Hall–Kier alpha value is -1.35.